The van der Waals surface area contributed by atoms with Crippen LogP contribution in [0.2, 0.25) is 0 Å². The maximum atomic E-state index is 12.5. The van der Waals surface area contributed by atoms with Gasteiger partial charge < -0.3 is 9.55 Å². The lowest BCUT2D eigenvalue weighted by Gasteiger charge is -2.12. The van der Waals surface area contributed by atoms with Crippen molar-refractivity contribution in [1.82, 2.24) is 24.7 Å². The van der Waals surface area contributed by atoms with Gasteiger partial charge in [0.25, 0.3) is 5.56 Å². The average molecular weight is 388 g/mol. The van der Waals surface area contributed by atoms with Crippen molar-refractivity contribution in [2.45, 2.75) is 68.8 Å². The molecule has 1 N–H and O–H groups in total. The van der Waals surface area contributed by atoms with Gasteiger partial charge in [0.05, 0.1) is 10.6 Å². The first-order valence-corrected chi connectivity index (χ1v) is 10.8. The fourth-order valence-corrected chi connectivity index (χ4v) is 5.36. The molecule has 0 bridgehead atoms. The van der Waals surface area contributed by atoms with Crippen LogP contribution in [-0.4, -0.2) is 24.7 Å². The summed E-state index contributed by atoms with van der Waals surface area (Å²) in [5.74, 6) is 2.47. The van der Waals surface area contributed by atoms with Crippen molar-refractivity contribution in [1.29, 1.82) is 0 Å². The summed E-state index contributed by atoms with van der Waals surface area (Å²) in [6.07, 6.45) is 4.89. The zero-order chi connectivity index (χ0) is 18.0. The van der Waals surface area contributed by atoms with Crippen molar-refractivity contribution in [3.8, 4) is 0 Å². The molecular weight excluding hydrogens is 366 g/mol. The molecule has 0 saturated heterocycles. The van der Waals surface area contributed by atoms with Crippen molar-refractivity contribution in [3.63, 3.8) is 0 Å². The molecule has 0 amide bonds. The molecular formula is C18H21N5OS2. The van der Waals surface area contributed by atoms with Gasteiger partial charge in [0.15, 0.2) is 5.16 Å². The van der Waals surface area contributed by atoms with E-state index in [0.29, 0.717) is 17.8 Å². The quantitative estimate of drug-likeness (QED) is 0.662. The van der Waals surface area contributed by atoms with Crippen LogP contribution in [0.5, 0.6) is 0 Å². The molecule has 0 aromatic carbocycles. The second-order valence-electron chi connectivity index (χ2n) is 7.39. The molecule has 2 fully saturated rings. The number of fused-ring (bicyclic) bond motifs is 1. The molecule has 8 heteroatoms. The van der Waals surface area contributed by atoms with Gasteiger partial charge in [-0.15, -0.1) is 21.5 Å². The van der Waals surface area contributed by atoms with E-state index in [-0.39, 0.29) is 10.8 Å². The standard InChI is InChI=1S/C18H21N5OS2/c1-8-9(2)25-17-13(8)16(24)19-14(20-17)10(3)26-18-22-21-15(11-4-5-11)23(18)12-6-7-12/h10-12H,4-7H2,1-3H3,(H,19,20,24). The first-order chi connectivity index (χ1) is 12.5. The highest BCUT2D eigenvalue weighted by Crippen LogP contribution is 2.47. The van der Waals surface area contributed by atoms with Crippen LogP contribution >= 0.6 is 23.1 Å². The Hall–Kier alpha value is -1.67. The number of rotatable bonds is 5. The Morgan fingerprint density at radius 3 is 2.69 bits per heavy atom. The Kier molecular flexibility index (Phi) is 3.76. The lowest BCUT2D eigenvalue weighted by molar-refractivity contribution is 0.625. The molecule has 2 saturated carbocycles. The summed E-state index contributed by atoms with van der Waals surface area (Å²) in [6.45, 7) is 6.10. The van der Waals surface area contributed by atoms with Crippen molar-refractivity contribution >= 4 is 33.3 Å². The number of hydrogen-bond donors (Lipinski definition) is 1. The van der Waals surface area contributed by atoms with E-state index in [9.17, 15) is 4.79 Å². The van der Waals surface area contributed by atoms with E-state index in [4.69, 9.17) is 4.98 Å². The third kappa shape index (κ3) is 2.70. The van der Waals surface area contributed by atoms with Gasteiger partial charge in [-0.1, -0.05) is 11.8 Å². The summed E-state index contributed by atoms with van der Waals surface area (Å²) in [4.78, 5) is 22.3. The number of nitrogens with one attached hydrogen (secondary N) is 1. The van der Waals surface area contributed by atoms with Gasteiger partial charge >= 0.3 is 0 Å². The fourth-order valence-electron chi connectivity index (χ4n) is 3.34. The summed E-state index contributed by atoms with van der Waals surface area (Å²) < 4.78 is 2.34. The summed E-state index contributed by atoms with van der Waals surface area (Å²) in [6, 6.07) is 0.562. The second-order valence-corrected chi connectivity index (χ2v) is 9.90. The van der Waals surface area contributed by atoms with Crippen LogP contribution in [0.1, 0.15) is 71.9 Å². The highest BCUT2D eigenvalue weighted by molar-refractivity contribution is 7.99. The molecule has 2 aliphatic rings. The predicted octanol–water partition coefficient (Wildman–Crippen LogP) is 4.26. The van der Waals surface area contributed by atoms with E-state index in [2.05, 4.69) is 26.7 Å². The molecule has 1 atom stereocenters. The van der Waals surface area contributed by atoms with Crippen molar-refractivity contribution < 1.29 is 0 Å². The SMILES string of the molecule is Cc1sc2nc(C(C)Sc3nnc(C4CC4)n3C3CC3)[nH]c(=O)c2c1C. The van der Waals surface area contributed by atoms with Crippen LogP contribution in [-0.2, 0) is 0 Å². The smallest absolute Gasteiger partial charge is 0.259 e. The molecule has 2 aliphatic carbocycles. The summed E-state index contributed by atoms with van der Waals surface area (Å²) in [7, 11) is 0. The zero-order valence-electron chi connectivity index (χ0n) is 15.1. The first kappa shape index (κ1) is 16.5. The maximum Gasteiger partial charge on any atom is 0.259 e. The first-order valence-electron chi connectivity index (χ1n) is 9.14. The molecule has 5 rings (SSSR count). The maximum absolute atomic E-state index is 12.5. The van der Waals surface area contributed by atoms with Crippen LogP contribution in [0.4, 0.5) is 0 Å². The third-order valence-corrected chi connectivity index (χ3v) is 7.44. The van der Waals surface area contributed by atoms with Gasteiger partial charge in [-0.25, -0.2) is 4.98 Å². The predicted molar refractivity (Wildman–Crippen MR) is 104 cm³/mol. The third-order valence-electron chi connectivity index (χ3n) is 5.27. The van der Waals surface area contributed by atoms with E-state index in [0.717, 1.165) is 31.6 Å². The lowest BCUT2D eigenvalue weighted by Crippen LogP contribution is -2.13. The normalized spacial score (nSPS) is 18.6. The molecule has 3 heterocycles. The minimum atomic E-state index is -0.0402. The molecule has 1 unspecified atom stereocenters. The van der Waals surface area contributed by atoms with Gasteiger partial charge in [-0.3, -0.25) is 4.79 Å². The van der Waals surface area contributed by atoms with Crippen LogP contribution in [0, 0.1) is 13.8 Å². The second kappa shape index (κ2) is 5.92. The van der Waals surface area contributed by atoms with E-state index >= 15 is 0 Å². The Balaban J connectivity index is 1.48. The summed E-state index contributed by atoms with van der Waals surface area (Å²) in [5, 5.41) is 10.6. The molecule has 3 aromatic rings. The Labute approximate surface area is 159 Å². The molecule has 0 spiro atoms. The van der Waals surface area contributed by atoms with Crippen molar-refractivity contribution in [2.75, 3.05) is 0 Å². The minimum Gasteiger partial charge on any atom is -0.309 e. The van der Waals surface area contributed by atoms with Crippen LogP contribution in [0.25, 0.3) is 10.2 Å². The van der Waals surface area contributed by atoms with E-state index < -0.39 is 0 Å². The van der Waals surface area contributed by atoms with E-state index in [1.54, 1.807) is 23.1 Å². The fraction of sp³-hybridized carbons (Fsp3) is 0.556. The number of aromatic nitrogens is 5. The largest absolute Gasteiger partial charge is 0.309 e. The van der Waals surface area contributed by atoms with E-state index in [1.165, 1.54) is 25.7 Å². The van der Waals surface area contributed by atoms with Crippen molar-refractivity contribution in [2.24, 2.45) is 0 Å². The number of nitrogens with zero attached hydrogens (tertiary/aromatic N) is 4. The highest BCUT2D eigenvalue weighted by atomic mass is 32.2. The minimum absolute atomic E-state index is 0.0172. The van der Waals surface area contributed by atoms with Crippen LogP contribution in [0.3, 0.4) is 0 Å². The van der Waals surface area contributed by atoms with Gasteiger partial charge in [0.2, 0.25) is 0 Å². The Bertz CT molecular complexity index is 1060. The lowest BCUT2D eigenvalue weighted by atomic mass is 10.2. The van der Waals surface area contributed by atoms with Crippen LogP contribution in [0.15, 0.2) is 9.95 Å². The van der Waals surface area contributed by atoms with Gasteiger partial charge in [0, 0.05) is 16.8 Å². The van der Waals surface area contributed by atoms with E-state index in [1.807, 2.05) is 13.8 Å². The van der Waals surface area contributed by atoms with Crippen molar-refractivity contribution in [3.05, 3.63) is 32.4 Å². The monoisotopic (exact) mass is 387 g/mol. The van der Waals surface area contributed by atoms with Crippen LogP contribution < -0.4 is 5.56 Å². The number of thiophene rings is 1. The molecule has 136 valence electrons. The summed E-state index contributed by atoms with van der Waals surface area (Å²) >= 11 is 3.24. The average Bonchev–Trinajstić information content (AvgIpc) is 3.53. The molecule has 3 aromatic heterocycles. The van der Waals surface area contributed by atoms with Gasteiger partial charge in [0.1, 0.15) is 16.5 Å². The van der Waals surface area contributed by atoms with Gasteiger partial charge in [-0.2, -0.15) is 0 Å². The number of hydrogen-bond acceptors (Lipinski definition) is 6. The summed E-state index contributed by atoms with van der Waals surface area (Å²) in [5.41, 5.74) is 0.995. The number of thioether (sulfide) groups is 1. The molecule has 26 heavy (non-hydrogen) atoms. The Morgan fingerprint density at radius 2 is 2.00 bits per heavy atom. The number of aromatic amines is 1. The Morgan fingerprint density at radius 1 is 1.23 bits per heavy atom. The molecule has 0 aliphatic heterocycles. The highest BCUT2D eigenvalue weighted by Gasteiger charge is 2.36. The topological polar surface area (TPSA) is 76.5 Å². The molecule has 6 nitrogen and oxygen atoms in total. The number of aryl methyl sites for hydroxylation is 2. The van der Waals surface area contributed by atoms with Gasteiger partial charge in [-0.05, 0) is 52.0 Å². The zero-order valence-corrected chi connectivity index (χ0v) is 16.7. The molecule has 0 radical (unpaired) electrons. The number of H-pyrrole nitrogens is 1.